The third-order valence-corrected chi connectivity index (χ3v) is 4.84. The predicted octanol–water partition coefficient (Wildman–Crippen LogP) is 3.42. The summed E-state index contributed by atoms with van der Waals surface area (Å²) in [5.74, 6) is 2.86. The van der Waals surface area contributed by atoms with E-state index in [0.717, 1.165) is 48.0 Å². The van der Waals surface area contributed by atoms with Gasteiger partial charge in [0.25, 0.3) is 0 Å². The summed E-state index contributed by atoms with van der Waals surface area (Å²) < 4.78 is 18.6. The number of rotatable bonds is 11. The molecule has 0 aliphatic carbocycles. The summed E-state index contributed by atoms with van der Waals surface area (Å²) in [6.45, 7) is 1.45. The van der Waals surface area contributed by atoms with E-state index in [0.29, 0.717) is 18.1 Å². The third kappa shape index (κ3) is 8.23. The van der Waals surface area contributed by atoms with Crippen molar-refractivity contribution in [2.45, 2.75) is 12.1 Å². The monoisotopic (exact) mass is 502 g/mol. The van der Waals surface area contributed by atoms with Gasteiger partial charge in [0.15, 0.2) is 0 Å². The Labute approximate surface area is 189 Å². The molecule has 0 spiro atoms. The number of hydrogen-bond donors (Lipinski definition) is 1. The summed E-state index contributed by atoms with van der Waals surface area (Å²) in [5.41, 5.74) is 2.28. The Morgan fingerprint density at radius 3 is 1.82 bits per heavy atom. The van der Waals surface area contributed by atoms with Crippen LogP contribution < -0.4 is 14.8 Å². The SMILES string of the molecule is COc1ccc(C(C[S-])[N-]CCNC(C[S-])c2ccc(OC)cc2)cc1.[O]=[Tc+4]. The summed E-state index contributed by atoms with van der Waals surface area (Å²) in [6.07, 6.45) is 0. The zero-order valence-corrected chi connectivity index (χ0v) is 19.5. The summed E-state index contributed by atoms with van der Waals surface area (Å²) in [4.78, 5) is 0. The van der Waals surface area contributed by atoms with Crippen LogP contribution in [0.25, 0.3) is 5.32 Å². The van der Waals surface area contributed by atoms with Crippen molar-refractivity contribution in [3.8, 4) is 11.5 Å². The average Bonchev–Trinajstić information content (AvgIpc) is 2.78. The molecule has 0 bridgehead atoms. The zero-order valence-electron chi connectivity index (χ0n) is 16.0. The molecule has 0 saturated heterocycles. The van der Waals surface area contributed by atoms with Crippen LogP contribution in [0.3, 0.4) is 0 Å². The van der Waals surface area contributed by atoms with Crippen molar-refractivity contribution in [1.29, 1.82) is 0 Å². The Hall–Kier alpha value is -0.891. The molecule has 1 N–H and O–H groups in total. The molecular formula is C20H25N2O3S2Tc+. The first-order chi connectivity index (χ1) is 13.7. The van der Waals surface area contributed by atoms with Crippen LogP contribution in [0, 0.1) is 0 Å². The average molecular weight is 504 g/mol. The van der Waals surface area contributed by atoms with E-state index < -0.39 is 0 Å². The van der Waals surface area contributed by atoms with Gasteiger partial charge >= 0.3 is 22.4 Å². The first-order valence-electron chi connectivity index (χ1n) is 8.71. The second-order valence-electron chi connectivity index (χ2n) is 5.81. The molecule has 2 aromatic rings. The van der Waals surface area contributed by atoms with Crippen molar-refractivity contribution in [3.63, 3.8) is 0 Å². The quantitative estimate of drug-likeness (QED) is 0.375. The predicted molar refractivity (Wildman–Crippen MR) is 113 cm³/mol. The molecule has 2 atom stereocenters. The number of hydrogen-bond acceptors (Lipinski definition) is 6. The number of nitrogens with one attached hydrogen (secondary N) is 1. The molecule has 0 aromatic heterocycles. The van der Waals surface area contributed by atoms with E-state index in [1.165, 1.54) is 0 Å². The molecule has 0 aliphatic heterocycles. The Morgan fingerprint density at radius 1 is 0.893 bits per heavy atom. The molecule has 0 saturated carbocycles. The van der Waals surface area contributed by atoms with Gasteiger partial charge in [0.2, 0.25) is 0 Å². The van der Waals surface area contributed by atoms with E-state index in [2.05, 4.69) is 5.32 Å². The molecule has 2 aromatic carbocycles. The van der Waals surface area contributed by atoms with Gasteiger partial charge in [0, 0.05) is 6.04 Å². The van der Waals surface area contributed by atoms with Crippen molar-refractivity contribution in [2.24, 2.45) is 0 Å². The van der Waals surface area contributed by atoms with Crippen molar-refractivity contribution in [2.75, 3.05) is 38.8 Å². The number of methoxy groups -OCH3 is 2. The normalized spacial score (nSPS) is 12.5. The Bertz CT molecular complexity index is 602. The fourth-order valence-electron chi connectivity index (χ4n) is 2.65. The van der Waals surface area contributed by atoms with Gasteiger partial charge in [-0.05, 0) is 36.4 Å². The van der Waals surface area contributed by atoms with Crippen molar-refractivity contribution >= 4 is 25.3 Å². The zero-order chi connectivity index (χ0) is 20.8. The van der Waals surface area contributed by atoms with Crippen LogP contribution in [0.1, 0.15) is 23.2 Å². The van der Waals surface area contributed by atoms with Gasteiger partial charge in [-0.25, -0.2) is 0 Å². The molecule has 5 nitrogen and oxygen atoms in total. The van der Waals surface area contributed by atoms with Crippen LogP contribution in [0.4, 0.5) is 0 Å². The van der Waals surface area contributed by atoms with Crippen LogP contribution in [0.5, 0.6) is 11.5 Å². The molecule has 8 heteroatoms. The topological polar surface area (TPSA) is 61.7 Å². The molecule has 2 rings (SSSR count). The van der Waals surface area contributed by atoms with E-state index in [9.17, 15) is 0 Å². The fourth-order valence-corrected chi connectivity index (χ4v) is 3.26. The van der Waals surface area contributed by atoms with Crippen LogP contribution in [-0.4, -0.2) is 38.8 Å². The van der Waals surface area contributed by atoms with E-state index >= 15 is 0 Å². The first kappa shape index (κ1) is 25.1. The van der Waals surface area contributed by atoms with Gasteiger partial charge in [-0.1, -0.05) is 29.8 Å². The van der Waals surface area contributed by atoms with Gasteiger partial charge in [-0.3, -0.25) is 0 Å². The second-order valence-corrected chi connectivity index (χ2v) is 6.48. The standard InChI is InChI=1S/C20H27N2O2S2.O.Tc/c1-23-17-7-3-15(4-8-17)19(13-25)21-11-12-22-20(14-26)16-5-9-18(24-2)10-6-16;;/h3-10,19-21,25-26H,11-14H2,1-2H3;;/q-1;;+4/p-2. The first-order valence-corrected chi connectivity index (χ1v) is 10.6. The molecule has 0 heterocycles. The molecule has 0 fully saturated rings. The van der Waals surface area contributed by atoms with E-state index in [1.54, 1.807) is 14.2 Å². The van der Waals surface area contributed by atoms with Crippen molar-refractivity contribution in [3.05, 3.63) is 65.0 Å². The molecule has 2 unspecified atom stereocenters. The summed E-state index contributed by atoms with van der Waals surface area (Å²) >= 11 is 11.5. The number of nitrogens with zero attached hydrogens (tertiary/aromatic N) is 1. The van der Waals surface area contributed by atoms with Gasteiger partial charge in [-0.15, -0.1) is 12.6 Å². The van der Waals surface area contributed by atoms with Gasteiger partial charge in [-0.2, -0.15) is 11.5 Å². The molecule has 28 heavy (non-hydrogen) atoms. The molecular weight excluding hydrogens is 478 g/mol. The van der Waals surface area contributed by atoms with Crippen LogP contribution in [-0.2, 0) is 47.6 Å². The summed E-state index contributed by atoms with van der Waals surface area (Å²) in [5, 5.41) is 8.21. The van der Waals surface area contributed by atoms with Gasteiger partial charge in [0.1, 0.15) is 11.5 Å². The Balaban J connectivity index is 0.00000190. The number of benzene rings is 2. The molecule has 0 radical (unpaired) electrons. The van der Waals surface area contributed by atoms with Crippen LogP contribution >= 0.6 is 0 Å². The van der Waals surface area contributed by atoms with E-state index in [4.69, 9.17) is 43.6 Å². The van der Waals surface area contributed by atoms with Crippen molar-refractivity contribution < 1.29 is 31.8 Å². The maximum atomic E-state index is 8.22. The minimum absolute atomic E-state index is 0.0284. The molecule has 0 aliphatic rings. The van der Waals surface area contributed by atoms with Gasteiger partial charge in [0.05, 0.1) is 14.2 Å². The summed E-state index contributed by atoms with van der Waals surface area (Å²) in [7, 11) is 3.33. The summed E-state index contributed by atoms with van der Waals surface area (Å²) in [6, 6.07) is 16.1. The van der Waals surface area contributed by atoms with Crippen molar-refractivity contribution in [1.82, 2.24) is 5.32 Å². The molecule has 151 valence electrons. The van der Waals surface area contributed by atoms with Crippen LogP contribution in [0.2, 0.25) is 0 Å². The molecule has 0 amide bonds. The minimum atomic E-state index is 0.0284. The number of ether oxygens (including phenoxy) is 2. The Morgan fingerprint density at radius 2 is 1.39 bits per heavy atom. The third-order valence-electron chi connectivity index (χ3n) is 4.20. The second kappa shape index (κ2) is 15.0. The maximum absolute atomic E-state index is 8.22. The van der Waals surface area contributed by atoms with E-state index in [-0.39, 0.29) is 12.1 Å². The van der Waals surface area contributed by atoms with Crippen LogP contribution in [0.15, 0.2) is 48.5 Å². The Kier molecular flexibility index (Phi) is 13.5. The van der Waals surface area contributed by atoms with E-state index in [1.807, 2.05) is 48.5 Å². The van der Waals surface area contributed by atoms with Gasteiger partial charge < -0.3 is 45.4 Å². The fraction of sp³-hybridized carbons (Fsp3) is 0.400.